The van der Waals surface area contributed by atoms with Gasteiger partial charge in [0.25, 0.3) is 5.91 Å². The van der Waals surface area contributed by atoms with Gasteiger partial charge in [0, 0.05) is 25.0 Å². The third kappa shape index (κ3) is 3.50. The van der Waals surface area contributed by atoms with E-state index in [-0.39, 0.29) is 18.5 Å². The van der Waals surface area contributed by atoms with Crippen molar-refractivity contribution >= 4 is 11.6 Å². The average molecular weight is 341 g/mol. The van der Waals surface area contributed by atoms with Crippen LogP contribution in [0.25, 0.3) is 5.65 Å². The van der Waals surface area contributed by atoms with Crippen LogP contribution in [0.3, 0.4) is 0 Å². The molecule has 0 bridgehead atoms. The highest BCUT2D eigenvalue weighted by Gasteiger charge is 2.36. The van der Waals surface area contributed by atoms with Crippen LogP contribution in [0.1, 0.15) is 28.9 Å². The number of rotatable bonds is 4. The van der Waals surface area contributed by atoms with Gasteiger partial charge < -0.3 is 5.32 Å². The van der Waals surface area contributed by atoms with Gasteiger partial charge in [-0.05, 0) is 32.4 Å². The molecule has 0 radical (unpaired) electrons. The third-order valence-corrected chi connectivity index (χ3v) is 4.18. The molecular weight excluding hydrogens is 323 g/mol. The van der Waals surface area contributed by atoms with Gasteiger partial charge in [-0.15, -0.1) is 0 Å². The number of hydrogen-bond acceptors (Lipinski definition) is 4. The molecule has 1 unspecified atom stereocenters. The summed E-state index contributed by atoms with van der Waals surface area (Å²) in [4.78, 5) is 18.0. The van der Waals surface area contributed by atoms with Gasteiger partial charge >= 0.3 is 6.18 Å². The Labute approximate surface area is 136 Å². The number of hydrogen-bond donors (Lipinski definition) is 1. The van der Waals surface area contributed by atoms with Crippen molar-refractivity contribution in [1.82, 2.24) is 24.8 Å². The van der Waals surface area contributed by atoms with Crippen molar-refractivity contribution in [2.45, 2.75) is 32.0 Å². The molecule has 130 valence electrons. The van der Waals surface area contributed by atoms with E-state index < -0.39 is 12.7 Å². The number of carbonyl (C=O) groups is 1. The van der Waals surface area contributed by atoms with Crippen LogP contribution < -0.4 is 5.32 Å². The van der Waals surface area contributed by atoms with Crippen LogP contribution in [0.4, 0.5) is 13.2 Å². The maximum absolute atomic E-state index is 12.6. The monoisotopic (exact) mass is 341 g/mol. The summed E-state index contributed by atoms with van der Waals surface area (Å²) < 4.78 is 39.3. The lowest BCUT2D eigenvalue weighted by atomic mass is 10.2. The van der Waals surface area contributed by atoms with Crippen LogP contribution in [0, 0.1) is 6.92 Å². The van der Waals surface area contributed by atoms with Gasteiger partial charge in [0.2, 0.25) is 0 Å². The van der Waals surface area contributed by atoms with Crippen molar-refractivity contribution in [3.63, 3.8) is 0 Å². The minimum atomic E-state index is -4.23. The van der Waals surface area contributed by atoms with Crippen LogP contribution in [0.5, 0.6) is 0 Å². The van der Waals surface area contributed by atoms with Crippen LogP contribution in [0.15, 0.2) is 18.5 Å². The Morgan fingerprint density at radius 1 is 1.46 bits per heavy atom. The lowest BCUT2D eigenvalue weighted by Crippen LogP contribution is -2.44. The predicted molar refractivity (Wildman–Crippen MR) is 80.7 cm³/mol. The lowest BCUT2D eigenvalue weighted by Gasteiger charge is -2.25. The SMILES string of the molecule is Cc1nn2cccnc2c1C(=O)NCC1CCCN1CC(F)(F)F. The summed E-state index contributed by atoms with van der Waals surface area (Å²) in [6, 6.07) is 1.40. The second-order valence-electron chi connectivity index (χ2n) is 5.94. The highest BCUT2D eigenvalue weighted by atomic mass is 19.4. The number of nitrogens with one attached hydrogen (secondary N) is 1. The van der Waals surface area contributed by atoms with E-state index >= 15 is 0 Å². The number of aryl methyl sites for hydroxylation is 1. The molecule has 0 spiro atoms. The molecule has 1 aliphatic heterocycles. The smallest absolute Gasteiger partial charge is 0.350 e. The molecule has 1 amide bonds. The molecule has 1 atom stereocenters. The van der Waals surface area contributed by atoms with Crippen LogP contribution in [0.2, 0.25) is 0 Å². The number of amides is 1. The molecule has 3 rings (SSSR count). The molecule has 2 aromatic heterocycles. The van der Waals surface area contributed by atoms with E-state index in [4.69, 9.17) is 0 Å². The zero-order valence-electron chi connectivity index (χ0n) is 13.2. The first kappa shape index (κ1) is 16.7. The molecule has 1 saturated heterocycles. The van der Waals surface area contributed by atoms with Crippen molar-refractivity contribution < 1.29 is 18.0 Å². The Balaban J connectivity index is 1.68. The Morgan fingerprint density at radius 3 is 3.00 bits per heavy atom. The zero-order valence-corrected chi connectivity index (χ0v) is 13.2. The molecule has 6 nitrogen and oxygen atoms in total. The maximum Gasteiger partial charge on any atom is 0.401 e. The van der Waals surface area contributed by atoms with E-state index in [0.717, 1.165) is 0 Å². The fourth-order valence-corrected chi connectivity index (χ4v) is 3.13. The molecule has 9 heteroatoms. The summed E-state index contributed by atoms with van der Waals surface area (Å²) in [5.74, 6) is -0.361. The lowest BCUT2D eigenvalue weighted by molar-refractivity contribution is -0.147. The first-order valence-electron chi connectivity index (χ1n) is 7.74. The molecule has 0 aliphatic carbocycles. The normalized spacial score (nSPS) is 19.1. The number of likely N-dealkylation sites (tertiary alicyclic amines) is 1. The maximum atomic E-state index is 12.6. The minimum absolute atomic E-state index is 0.179. The first-order chi connectivity index (χ1) is 11.3. The summed E-state index contributed by atoms with van der Waals surface area (Å²) in [7, 11) is 0. The van der Waals surface area contributed by atoms with E-state index in [1.165, 1.54) is 9.42 Å². The number of carbonyl (C=O) groups excluding carboxylic acids is 1. The highest BCUT2D eigenvalue weighted by Crippen LogP contribution is 2.24. The molecule has 1 aliphatic rings. The number of alkyl halides is 3. The first-order valence-corrected chi connectivity index (χ1v) is 7.74. The summed E-state index contributed by atoms with van der Waals surface area (Å²) in [6.45, 7) is 1.34. The Bertz CT molecular complexity index is 742. The molecule has 2 aromatic rings. The van der Waals surface area contributed by atoms with Gasteiger partial charge in [-0.25, -0.2) is 9.50 Å². The Hall–Kier alpha value is -2.16. The van der Waals surface area contributed by atoms with Gasteiger partial charge in [-0.2, -0.15) is 18.3 Å². The predicted octanol–water partition coefficient (Wildman–Crippen LogP) is 1.79. The fourth-order valence-electron chi connectivity index (χ4n) is 3.13. The van der Waals surface area contributed by atoms with E-state index in [1.54, 1.807) is 25.4 Å². The van der Waals surface area contributed by atoms with Crippen LogP contribution in [-0.4, -0.2) is 57.3 Å². The Morgan fingerprint density at radius 2 is 2.25 bits per heavy atom. The summed E-state index contributed by atoms with van der Waals surface area (Å²) in [5.41, 5.74) is 1.33. The summed E-state index contributed by atoms with van der Waals surface area (Å²) >= 11 is 0. The van der Waals surface area contributed by atoms with Crippen molar-refractivity contribution in [1.29, 1.82) is 0 Å². The standard InChI is InChI=1S/C15H18F3N5O/c1-10-12(13-19-5-3-7-23(13)21-10)14(24)20-8-11-4-2-6-22(11)9-15(16,17)18/h3,5,7,11H,2,4,6,8-9H2,1H3,(H,20,24). The van der Waals surface area contributed by atoms with Gasteiger partial charge in [-0.3, -0.25) is 9.69 Å². The second-order valence-corrected chi connectivity index (χ2v) is 5.94. The molecule has 1 fully saturated rings. The molecule has 1 N–H and O–H groups in total. The molecule has 24 heavy (non-hydrogen) atoms. The van der Waals surface area contributed by atoms with Crippen molar-refractivity contribution in [3.05, 3.63) is 29.7 Å². The van der Waals surface area contributed by atoms with E-state index in [1.807, 2.05) is 0 Å². The Kier molecular flexibility index (Phi) is 4.44. The summed E-state index contributed by atoms with van der Waals surface area (Å²) in [5, 5.41) is 6.95. The second kappa shape index (κ2) is 6.39. The summed E-state index contributed by atoms with van der Waals surface area (Å²) in [6.07, 6.45) is 0.370. The third-order valence-electron chi connectivity index (χ3n) is 4.18. The number of halogens is 3. The van der Waals surface area contributed by atoms with Crippen molar-refractivity contribution in [3.8, 4) is 0 Å². The van der Waals surface area contributed by atoms with E-state index in [9.17, 15) is 18.0 Å². The number of fused-ring (bicyclic) bond motifs is 1. The zero-order chi connectivity index (χ0) is 17.3. The fraction of sp³-hybridized carbons (Fsp3) is 0.533. The molecule has 0 saturated carbocycles. The number of nitrogens with zero attached hydrogens (tertiary/aromatic N) is 4. The van der Waals surface area contributed by atoms with Crippen molar-refractivity contribution in [2.75, 3.05) is 19.6 Å². The number of aromatic nitrogens is 3. The van der Waals surface area contributed by atoms with Gasteiger partial charge in [0.05, 0.1) is 12.2 Å². The minimum Gasteiger partial charge on any atom is -0.350 e. The molecule has 3 heterocycles. The average Bonchev–Trinajstić information content (AvgIpc) is 3.06. The van der Waals surface area contributed by atoms with Crippen LogP contribution >= 0.6 is 0 Å². The van der Waals surface area contributed by atoms with Gasteiger partial charge in [-0.1, -0.05) is 0 Å². The van der Waals surface area contributed by atoms with E-state index in [0.29, 0.717) is 36.3 Å². The van der Waals surface area contributed by atoms with Gasteiger partial charge in [0.15, 0.2) is 5.65 Å². The molecule has 0 aromatic carbocycles. The molecular formula is C15H18F3N5O. The van der Waals surface area contributed by atoms with Crippen molar-refractivity contribution in [2.24, 2.45) is 0 Å². The van der Waals surface area contributed by atoms with Gasteiger partial charge in [0.1, 0.15) is 5.56 Å². The topological polar surface area (TPSA) is 62.5 Å². The van der Waals surface area contributed by atoms with Crippen LogP contribution in [-0.2, 0) is 0 Å². The highest BCUT2D eigenvalue weighted by molar-refractivity contribution is 6.00. The largest absolute Gasteiger partial charge is 0.401 e. The quantitative estimate of drug-likeness (QED) is 0.921. The van der Waals surface area contributed by atoms with E-state index in [2.05, 4.69) is 15.4 Å².